The van der Waals surface area contributed by atoms with Crippen LogP contribution in [0.15, 0.2) is 0 Å². The van der Waals surface area contributed by atoms with Crippen molar-refractivity contribution in [1.82, 2.24) is 5.32 Å². The molecule has 0 spiro atoms. The van der Waals surface area contributed by atoms with Gasteiger partial charge in [-0.1, -0.05) is 6.92 Å². The first kappa shape index (κ1) is 13.2. The average Bonchev–Trinajstić information content (AvgIpc) is 2.10. The van der Waals surface area contributed by atoms with Gasteiger partial charge in [0.05, 0.1) is 0 Å². The van der Waals surface area contributed by atoms with Crippen molar-refractivity contribution < 1.29 is 19.8 Å². The normalized spacial score (nSPS) is 14.5. The Bertz CT molecular complexity index is 208. The number of aliphatic hydroxyl groups is 1. The quantitative estimate of drug-likeness (QED) is 0.572. The third-order valence-electron chi connectivity index (χ3n) is 1.48. The zero-order chi connectivity index (χ0) is 11.1. The maximum absolute atomic E-state index is 11.0. The number of rotatable bonds is 6. The largest absolute Gasteiger partial charge is 0.480 e. The van der Waals surface area contributed by atoms with Crippen LogP contribution >= 0.6 is 11.8 Å². The molecule has 82 valence electrons. The number of nitrogens with one attached hydrogen (secondary N) is 1. The molecule has 1 amide bonds. The molecule has 14 heavy (non-hydrogen) atoms. The number of carboxylic acids is 1. The van der Waals surface area contributed by atoms with Crippen molar-refractivity contribution in [2.45, 2.75) is 26.0 Å². The summed E-state index contributed by atoms with van der Waals surface area (Å²) in [5.74, 6) is -0.646. The van der Waals surface area contributed by atoms with Crippen LogP contribution in [0, 0.1) is 0 Å². The molecule has 0 fully saturated rings. The van der Waals surface area contributed by atoms with Gasteiger partial charge in [-0.3, -0.25) is 4.79 Å². The van der Waals surface area contributed by atoms with E-state index in [2.05, 4.69) is 5.32 Å². The van der Waals surface area contributed by atoms with Crippen LogP contribution in [0.3, 0.4) is 0 Å². The fourth-order valence-electron chi connectivity index (χ4n) is 0.703. The molecular weight excluding hydrogens is 206 g/mol. The predicted molar refractivity (Wildman–Crippen MR) is 54.2 cm³/mol. The van der Waals surface area contributed by atoms with Gasteiger partial charge in [0.25, 0.3) is 0 Å². The average molecular weight is 221 g/mol. The molecule has 0 aliphatic carbocycles. The van der Waals surface area contributed by atoms with Crippen molar-refractivity contribution in [2.75, 3.05) is 11.5 Å². The van der Waals surface area contributed by atoms with E-state index in [0.29, 0.717) is 5.75 Å². The number of carbonyl (C=O) groups excluding carboxylic acids is 1. The second-order valence-electron chi connectivity index (χ2n) is 2.73. The minimum atomic E-state index is -1.18. The van der Waals surface area contributed by atoms with Crippen molar-refractivity contribution in [3.05, 3.63) is 0 Å². The molecule has 2 unspecified atom stereocenters. The molecule has 5 nitrogen and oxygen atoms in total. The minimum absolute atomic E-state index is 0.310. The van der Waals surface area contributed by atoms with Crippen molar-refractivity contribution in [1.29, 1.82) is 0 Å². The third kappa shape index (κ3) is 5.08. The van der Waals surface area contributed by atoms with Crippen LogP contribution in [-0.4, -0.2) is 45.7 Å². The Balaban J connectivity index is 4.09. The van der Waals surface area contributed by atoms with Gasteiger partial charge in [-0.25, -0.2) is 4.79 Å². The summed E-state index contributed by atoms with van der Waals surface area (Å²) in [6, 6.07) is -0.929. The molecule has 0 aliphatic heterocycles. The number of carboxylic acid groups (broad SMARTS) is 1. The minimum Gasteiger partial charge on any atom is -0.480 e. The van der Waals surface area contributed by atoms with Crippen LogP contribution in [0.1, 0.15) is 13.8 Å². The molecule has 0 aromatic carbocycles. The highest BCUT2D eigenvalue weighted by Gasteiger charge is 2.21. The van der Waals surface area contributed by atoms with E-state index >= 15 is 0 Å². The number of hydrogen-bond acceptors (Lipinski definition) is 4. The summed E-state index contributed by atoms with van der Waals surface area (Å²) in [6.45, 7) is 3.20. The maximum Gasteiger partial charge on any atom is 0.327 e. The third-order valence-corrected chi connectivity index (χ3v) is 2.46. The standard InChI is InChI=1S/C8H15NO4S/c1-3-14-4-6(8(12)13)9-7(11)5(2)10/h5-6,10H,3-4H2,1-2H3,(H,9,11)(H,12,13). The lowest BCUT2D eigenvalue weighted by molar-refractivity contribution is -0.142. The van der Waals surface area contributed by atoms with E-state index in [1.54, 1.807) is 0 Å². The molecule has 0 rings (SSSR count). The molecule has 0 aliphatic rings. The van der Waals surface area contributed by atoms with Crippen molar-refractivity contribution in [3.8, 4) is 0 Å². The van der Waals surface area contributed by atoms with E-state index in [-0.39, 0.29) is 0 Å². The summed E-state index contributed by atoms with van der Waals surface area (Å²) < 4.78 is 0. The van der Waals surface area contributed by atoms with Gasteiger partial charge in [-0.2, -0.15) is 11.8 Å². The fraction of sp³-hybridized carbons (Fsp3) is 0.750. The number of aliphatic carboxylic acids is 1. The Hall–Kier alpha value is -0.750. The van der Waals surface area contributed by atoms with Gasteiger partial charge in [0, 0.05) is 5.75 Å². The second-order valence-corrected chi connectivity index (χ2v) is 4.05. The van der Waals surface area contributed by atoms with Gasteiger partial charge in [0.15, 0.2) is 0 Å². The van der Waals surface area contributed by atoms with Gasteiger partial charge in [-0.05, 0) is 12.7 Å². The van der Waals surface area contributed by atoms with Crippen LogP contribution in [0.5, 0.6) is 0 Å². The number of amides is 1. The number of carbonyl (C=O) groups is 2. The first-order valence-corrected chi connectivity index (χ1v) is 5.43. The van der Waals surface area contributed by atoms with Crippen molar-refractivity contribution in [2.24, 2.45) is 0 Å². The van der Waals surface area contributed by atoms with E-state index in [1.807, 2.05) is 6.92 Å². The van der Waals surface area contributed by atoms with Gasteiger partial charge in [-0.15, -0.1) is 0 Å². The van der Waals surface area contributed by atoms with Gasteiger partial charge in [0.2, 0.25) is 5.91 Å². The lowest BCUT2D eigenvalue weighted by atomic mass is 10.3. The summed E-state index contributed by atoms with van der Waals surface area (Å²) in [5.41, 5.74) is 0. The molecule has 3 N–H and O–H groups in total. The molecule has 0 aromatic rings. The van der Waals surface area contributed by atoms with E-state index in [1.165, 1.54) is 18.7 Å². The van der Waals surface area contributed by atoms with E-state index in [0.717, 1.165) is 5.75 Å². The fourth-order valence-corrected chi connectivity index (χ4v) is 1.40. The molecular formula is C8H15NO4S. The SMILES string of the molecule is CCSCC(NC(=O)C(C)O)C(=O)O. The summed E-state index contributed by atoms with van der Waals surface area (Å²) in [4.78, 5) is 21.6. The molecule has 0 saturated heterocycles. The number of aliphatic hydroxyl groups excluding tert-OH is 1. The molecule has 0 heterocycles. The van der Waals surface area contributed by atoms with Crippen molar-refractivity contribution in [3.63, 3.8) is 0 Å². The highest BCUT2D eigenvalue weighted by molar-refractivity contribution is 7.99. The zero-order valence-corrected chi connectivity index (χ0v) is 9.00. The van der Waals surface area contributed by atoms with E-state index in [4.69, 9.17) is 10.2 Å². The van der Waals surface area contributed by atoms with Crippen molar-refractivity contribution >= 4 is 23.6 Å². The molecule has 0 aromatic heterocycles. The van der Waals surface area contributed by atoms with E-state index in [9.17, 15) is 9.59 Å². The van der Waals surface area contributed by atoms with Gasteiger partial charge < -0.3 is 15.5 Å². The lowest BCUT2D eigenvalue weighted by Crippen LogP contribution is -2.46. The Morgan fingerprint density at radius 1 is 1.50 bits per heavy atom. The van der Waals surface area contributed by atoms with Crippen LogP contribution in [0.25, 0.3) is 0 Å². The van der Waals surface area contributed by atoms with Crippen LogP contribution < -0.4 is 5.32 Å². The van der Waals surface area contributed by atoms with Gasteiger partial charge in [0.1, 0.15) is 12.1 Å². The molecule has 0 radical (unpaired) electrons. The number of hydrogen-bond donors (Lipinski definition) is 3. The monoisotopic (exact) mass is 221 g/mol. The molecule has 0 saturated carbocycles. The smallest absolute Gasteiger partial charge is 0.327 e. The Kier molecular flexibility index (Phi) is 6.31. The van der Waals surface area contributed by atoms with E-state index < -0.39 is 24.0 Å². The first-order valence-electron chi connectivity index (χ1n) is 4.28. The van der Waals surface area contributed by atoms with Crippen LogP contribution in [0.4, 0.5) is 0 Å². The first-order chi connectivity index (χ1) is 6.49. The summed E-state index contributed by atoms with van der Waals surface area (Å²) in [7, 11) is 0. The van der Waals surface area contributed by atoms with Crippen LogP contribution in [0.2, 0.25) is 0 Å². The summed E-state index contributed by atoms with van der Waals surface area (Å²) in [5, 5.41) is 19.8. The topological polar surface area (TPSA) is 86.6 Å². The molecule has 6 heteroatoms. The van der Waals surface area contributed by atoms with Gasteiger partial charge >= 0.3 is 5.97 Å². The summed E-state index contributed by atoms with van der Waals surface area (Å²) >= 11 is 1.42. The Morgan fingerprint density at radius 2 is 2.07 bits per heavy atom. The highest BCUT2D eigenvalue weighted by atomic mass is 32.2. The Morgan fingerprint density at radius 3 is 2.43 bits per heavy atom. The Labute approximate surface area is 86.9 Å². The number of thioether (sulfide) groups is 1. The highest BCUT2D eigenvalue weighted by Crippen LogP contribution is 2.02. The molecule has 0 bridgehead atoms. The second kappa shape index (κ2) is 6.67. The summed E-state index contributed by atoms with van der Waals surface area (Å²) in [6.07, 6.45) is -1.18. The lowest BCUT2D eigenvalue weighted by Gasteiger charge is -2.14. The predicted octanol–water partition coefficient (Wildman–Crippen LogP) is -0.310. The van der Waals surface area contributed by atoms with Crippen LogP contribution in [-0.2, 0) is 9.59 Å². The zero-order valence-electron chi connectivity index (χ0n) is 8.19. The maximum atomic E-state index is 11.0. The molecule has 2 atom stereocenters.